The third-order valence-corrected chi connectivity index (χ3v) is 2.92. The molecule has 0 aliphatic carbocycles. The van der Waals surface area contributed by atoms with Crippen LogP contribution in [0.2, 0.25) is 0 Å². The van der Waals surface area contributed by atoms with Gasteiger partial charge in [-0.2, -0.15) is 5.10 Å². The molecule has 92 valence electrons. The smallest absolute Gasteiger partial charge is 0.0537 e. The van der Waals surface area contributed by atoms with Crippen molar-refractivity contribution < 1.29 is 0 Å². The van der Waals surface area contributed by atoms with Crippen molar-refractivity contribution in [2.24, 2.45) is 5.92 Å². The van der Waals surface area contributed by atoms with Crippen molar-refractivity contribution in [3.63, 3.8) is 0 Å². The minimum atomic E-state index is 0.789. The summed E-state index contributed by atoms with van der Waals surface area (Å²) in [5.74, 6) is 0.789. The molecule has 0 aliphatic heterocycles. The molecule has 3 heteroatoms. The second kappa shape index (κ2) is 6.69. The Balaban J connectivity index is 2.45. The molecule has 0 aromatic carbocycles. The van der Waals surface area contributed by atoms with Gasteiger partial charge >= 0.3 is 0 Å². The zero-order valence-electron chi connectivity index (χ0n) is 11.1. The Morgan fingerprint density at radius 1 is 1.44 bits per heavy atom. The van der Waals surface area contributed by atoms with Crippen LogP contribution in [0.4, 0.5) is 0 Å². The van der Waals surface area contributed by atoms with Gasteiger partial charge in [0, 0.05) is 24.3 Å². The molecule has 0 spiro atoms. The minimum Gasteiger partial charge on any atom is -0.313 e. The van der Waals surface area contributed by atoms with Crippen LogP contribution in [0.5, 0.6) is 0 Å². The fourth-order valence-corrected chi connectivity index (χ4v) is 1.79. The molecule has 3 nitrogen and oxygen atoms in total. The topological polar surface area (TPSA) is 29.9 Å². The summed E-state index contributed by atoms with van der Waals surface area (Å²) in [6, 6.07) is 0. The van der Waals surface area contributed by atoms with E-state index in [9.17, 15) is 0 Å². The SMILES string of the molecule is CCNCc1cnn(CCCC(C)C)c1C. The third-order valence-electron chi connectivity index (χ3n) is 2.92. The van der Waals surface area contributed by atoms with E-state index < -0.39 is 0 Å². The number of nitrogens with one attached hydrogen (secondary N) is 1. The van der Waals surface area contributed by atoms with Gasteiger partial charge in [-0.25, -0.2) is 0 Å². The van der Waals surface area contributed by atoms with Crippen molar-refractivity contribution in [2.45, 2.75) is 53.6 Å². The predicted molar refractivity (Wildman–Crippen MR) is 68.4 cm³/mol. The highest BCUT2D eigenvalue weighted by Gasteiger charge is 2.05. The highest BCUT2D eigenvalue weighted by atomic mass is 15.3. The first-order valence-corrected chi connectivity index (χ1v) is 6.37. The molecule has 0 saturated carbocycles. The van der Waals surface area contributed by atoms with Crippen LogP contribution in [-0.2, 0) is 13.1 Å². The van der Waals surface area contributed by atoms with Crippen LogP contribution >= 0.6 is 0 Å². The molecule has 0 unspecified atom stereocenters. The molecule has 1 rings (SSSR count). The van der Waals surface area contributed by atoms with Crippen LogP contribution < -0.4 is 5.32 Å². The summed E-state index contributed by atoms with van der Waals surface area (Å²) < 4.78 is 2.13. The van der Waals surface area contributed by atoms with Gasteiger partial charge in [-0.3, -0.25) is 4.68 Å². The third kappa shape index (κ3) is 3.97. The lowest BCUT2D eigenvalue weighted by molar-refractivity contribution is 0.484. The van der Waals surface area contributed by atoms with E-state index in [1.165, 1.54) is 24.1 Å². The normalized spacial score (nSPS) is 11.3. The molecular formula is C13H25N3. The molecule has 0 bridgehead atoms. The van der Waals surface area contributed by atoms with Crippen LogP contribution in [0.15, 0.2) is 6.20 Å². The molecule has 1 N–H and O–H groups in total. The fraction of sp³-hybridized carbons (Fsp3) is 0.769. The largest absolute Gasteiger partial charge is 0.313 e. The van der Waals surface area contributed by atoms with E-state index in [-0.39, 0.29) is 0 Å². The van der Waals surface area contributed by atoms with Crippen molar-refractivity contribution in [3.05, 3.63) is 17.5 Å². The minimum absolute atomic E-state index is 0.789. The van der Waals surface area contributed by atoms with Crippen LogP contribution in [-0.4, -0.2) is 16.3 Å². The Labute approximate surface area is 99.2 Å². The summed E-state index contributed by atoms with van der Waals surface area (Å²) in [5.41, 5.74) is 2.64. The van der Waals surface area contributed by atoms with Gasteiger partial charge in [-0.05, 0) is 32.2 Å². The van der Waals surface area contributed by atoms with Gasteiger partial charge in [0.05, 0.1) is 6.20 Å². The molecule has 0 atom stereocenters. The number of nitrogens with zero attached hydrogens (tertiary/aromatic N) is 2. The molecular weight excluding hydrogens is 198 g/mol. The van der Waals surface area contributed by atoms with E-state index in [1.807, 2.05) is 6.20 Å². The van der Waals surface area contributed by atoms with Crippen molar-refractivity contribution in [3.8, 4) is 0 Å². The Morgan fingerprint density at radius 3 is 2.81 bits per heavy atom. The molecule has 0 saturated heterocycles. The summed E-state index contributed by atoms with van der Waals surface area (Å²) in [7, 11) is 0. The first-order chi connectivity index (χ1) is 7.65. The van der Waals surface area contributed by atoms with Crippen molar-refractivity contribution in [2.75, 3.05) is 6.54 Å². The van der Waals surface area contributed by atoms with E-state index in [2.05, 4.69) is 42.8 Å². The Bertz CT molecular complexity index is 302. The molecule has 1 aromatic heterocycles. The molecule has 0 fully saturated rings. The molecule has 1 heterocycles. The molecule has 16 heavy (non-hydrogen) atoms. The predicted octanol–water partition coefficient (Wildman–Crippen LogP) is 2.74. The summed E-state index contributed by atoms with van der Waals surface area (Å²) >= 11 is 0. The Hall–Kier alpha value is -0.830. The number of aryl methyl sites for hydroxylation is 1. The zero-order chi connectivity index (χ0) is 12.0. The van der Waals surface area contributed by atoms with Gasteiger partial charge in [0.15, 0.2) is 0 Å². The molecule has 0 amide bonds. The molecule has 0 aliphatic rings. The summed E-state index contributed by atoms with van der Waals surface area (Å²) in [5, 5.41) is 7.78. The van der Waals surface area contributed by atoms with Crippen molar-refractivity contribution in [1.29, 1.82) is 0 Å². The van der Waals surface area contributed by atoms with Gasteiger partial charge in [0.1, 0.15) is 0 Å². The van der Waals surface area contributed by atoms with Crippen LogP contribution in [0.1, 0.15) is 44.9 Å². The Kier molecular flexibility index (Phi) is 5.53. The number of hydrogen-bond donors (Lipinski definition) is 1. The average Bonchev–Trinajstić information content (AvgIpc) is 2.57. The summed E-state index contributed by atoms with van der Waals surface area (Å²) in [4.78, 5) is 0. The van der Waals surface area contributed by atoms with E-state index in [4.69, 9.17) is 0 Å². The van der Waals surface area contributed by atoms with E-state index in [0.29, 0.717) is 0 Å². The van der Waals surface area contributed by atoms with Gasteiger partial charge in [0.2, 0.25) is 0 Å². The standard InChI is InChI=1S/C13H25N3/c1-5-14-9-13-10-15-16(12(13)4)8-6-7-11(2)3/h10-11,14H,5-9H2,1-4H3. The molecule has 1 aromatic rings. The highest BCUT2D eigenvalue weighted by Crippen LogP contribution is 2.10. The van der Waals surface area contributed by atoms with Gasteiger partial charge in [0.25, 0.3) is 0 Å². The zero-order valence-corrected chi connectivity index (χ0v) is 11.1. The van der Waals surface area contributed by atoms with Crippen LogP contribution in [0.3, 0.4) is 0 Å². The van der Waals surface area contributed by atoms with Crippen LogP contribution in [0, 0.1) is 12.8 Å². The van der Waals surface area contributed by atoms with Crippen molar-refractivity contribution in [1.82, 2.24) is 15.1 Å². The number of rotatable bonds is 7. The summed E-state index contributed by atoms with van der Waals surface area (Å²) in [6.07, 6.45) is 4.50. The van der Waals surface area contributed by atoms with Crippen LogP contribution in [0.25, 0.3) is 0 Å². The van der Waals surface area contributed by atoms with E-state index in [1.54, 1.807) is 0 Å². The highest BCUT2D eigenvalue weighted by molar-refractivity contribution is 5.15. The van der Waals surface area contributed by atoms with Gasteiger partial charge in [-0.1, -0.05) is 20.8 Å². The number of aromatic nitrogens is 2. The van der Waals surface area contributed by atoms with Crippen molar-refractivity contribution >= 4 is 0 Å². The lowest BCUT2D eigenvalue weighted by Crippen LogP contribution is -2.12. The Morgan fingerprint density at radius 2 is 2.19 bits per heavy atom. The maximum Gasteiger partial charge on any atom is 0.0537 e. The van der Waals surface area contributed by atoms with E-state index >= 15 is 0 Å². The lowest BCUT2D eigenvalue weighted by atomic mass is 10.1. The van der Waals surface area contributed by atoms with Gasteiger partial charge in [-0.15, -0.1) is 0 Å². The lowest BCUT2D eigenvalue weighted by Gasteiger charge is -2.07. The maximum absolute atomic E-state index is 4.44. The summed E-state index contributed by atoms with van der Waals surface area (Å²) in [6.45, 7) is 11.8. The monoisotopic (exact) mass is 223 g/mol. The molecule has 0 radical (unpaired) electrons. The quantitative estimate of drug-likeness (QED) is 0.770. The van der Waals surface area contributed by atoms with Gasteiger partial charge < -0.3 is 5.32 Å². The second-order valence-electron chi connectivity index (χ2n) is 4.79. The second-order valence-corrected chi connectivity index (χ2v) is 4.79. The fourth-order valence-electron chi connectivity index (χ4n) is 1.79. The number of hydrogen-bond acceptors (Lipinski definition) is 2. The first-order valence-electron chi connectivity index (χ1n) is 6.37. The maximum atomic E-state index is 4.44. The first kappa shape index (κ1) is 13.2. The average molecular weight is 223 g/mol. The van der Waals surface area contributed by atoms with E-state index in [0.717, 1.165) is 25.6 Å².